The lowest BCUT2D eigenvalue weighted by molar-refractivity contribution is 0.482. The Balaban J connectivity index is 2.19. The van der Waals surface area contributed by atoms with Crippen molar-refractivity contribution in [2.45, 2.75) is 0 Å². The smallest absolute Gasteiger partial charge is 0.128 e. The topological polar surface area (TPSA) is 47.6 Å². The lowest BCUT2D eigenvalue weighted by Gasteiger charge is -2.05. The lowest BCUT2D eigenvalue weighted by Crippen LogP contribution is -1.88. The highest BCUT2D eigenvalue weighted by molar-refractivity contribution is 5.79. The second-order valence-electron chi connectivity index (χ2n) is 3.27. The summed E-state index contributed by atoms with van der Waals surface area (Å²) < 4.78 is 5.66. The summed E-state index contributed by atoms with van der Waals surface area (Å²) in [5, 5.41) is 3.47. The Hall–Kier alpha value is -2.29. The van der Waals surface area contributed by atoms with Crippen LogP contribution < -0.4 is 10.6 Å². The summed E-state index contributed by atoms with van der Waals surface area (Å²) in [6.45, 7) is 0. The van der Waals surface area contributed by atoms with Crippen LogP contribution in [0.2, 0.25) is 0 Å². The van der Waals surface area contributed by atoms with Crippen LogP contribution in [0, 0.1) is 0 Å². The maximum absolute atomic E-state index is 5.66. The third-order valence-electron chi connectivity index (χ3n) is 2.06. The van der Waals surface area contributed by atoms with Crippen molar-refractivity contribution < 1.29 is 4.74 Å². The first-order valence-corrected chi connectivity index (χ1v) is 4.95. The first-order valence-electron chi connectivity index (χ1n) is 4.95. The van der Waals surface area contributed by atoms with Gasteiger partial charge in [0, 0.05) is 0 Å². The van der Waals surface area contributed by atoms with Gasteiger partial charge in [-0.3, -0.25) is 0 Å². The zero-order valence-electron chi connectivity index (χ0n) is 8.71. The molecule has 0 aliphatic heterocycles. The minimum atomic E-state index is 0.767. The molecule has 0 atom stereocenters. The Morgan fingerprint density at radius 2 is 1.69 bits per heavy atom. The molecule has 0 amide bonds. The second-order valence-corrected chi connectivity index (χ2v) is 3.27. The molecule has 0 fully saturated rings. The highest BCUT2D eigenvalue weighted by Gasteiger charge is 1.96. The van der Waals surface area contributed by atoms with E-state index in [1.165, 1.54) is 0 Å². The zero-order valence-corrected chi connectivity index (χ0v) is 8.71. The number of benzene rings is 2. The Kier molecular flexibility index (Phi) is 3.18. The van der Waals surface area contributed by atoms with Gasteiger partial charge in [-0.1, -0.05) is 30.3 Å². The molecule has 3 heteroatoms. The number of hydrogen-bond donors (Lipinski definition) is 1. The van der Waals surface area contributed by atoms with Crippen LogP contribution in [0.4, 0.5) is 0 Å². The molecule has 3 nitrogen and oxygen atoms in total. The highest BCUT2D eigenvalue weighted by Crippen LogP contribution is 2.21. The van der Waals surface area contributed by atoms with Gasteiger partial charge in [0.1, 0.15) is 11.5 Å². The van der Waals surface area contributed by atoms with Gasteiger partial charge in [0.05, 0.1) is 6.21 Å². The van der Waals surface area contributed by atoms with Crippen LogP contribution in [-0.4, -0.2) is 6.21 Å². The van der Waals surface area contributed by atoms with E-state index in [-0.39, 0.29) is 0 Å². The van der Waals surface area contributed by atoms with E-state index in [0.717, 1.165) is 17.1 Å². The molecule has 2 rings (SSSR count). The third-order valence-corrected chi connectivity index (χ3v) is 2.06. The fraction of sp³-hybridized carbons (Fsp3) is 0. The van der Waals surface area contributed by atoms with Crippen molar-refractivity contribution in [3.8, 4) is 11.5 Å². The zero-order chi connectivity index (χ0) is 11.2. The number of hydrogen-bond acceptors (Lipinski definition) is 3. The molecular weight excluding hydrogens is 200 g/mol. The van der Waals surface area contributed by atoms with E-state index in [2.05, 4.69) is 5.10 Å². The van der Waals surface area contributed by atoms with E-state index >= 15 is 0 Å². The van der Waals surface area contributed by atoms with Crippen LogP contribution in [0.3, 0.4) is 0 Å². The minimum Gasteiger partial charge on any atom is -0.457 e. The summed E-state index contributed by atoms with van der Waals surface area (Å²) in [4.78, 5) is 0. The average molecular weight is 212 g/mol. The number of rotatable bonds is 3. The van der Waals surface area contributed by atoms with Gasteiger partial charge in [0.25, 0.3) is 0 Å². The van der Waals surface area contributed by atoms with Crippen LogP contribution in [0.15, 0.2) is 59.7 Å². The lowest BCUT2D eigenvalue weighted by atomic mass is 10.2. The predicted octanol–water partition coefficient (Wildman–Crippen LogP) is 2.77. The van der Waals surface area contributed by atoms with Crippen LogP contribution >= 0.6 is 0 Å². The Bertz CT molecular complexity index is 480. The Labute approximate surface area is 94.2 Å². The summed E-state index contributed by atoms with van der Waals surface area (Å²) in [5.41, 5.74) is 0.913. The second kappa shape index (κ2) is 4.98. The van der Waals surface area contributed by atoms with E-state index in [1.807, 2.05) is 54.6 Å². The average Bonchev–Trinajstić information content (AvgIpc) is 2.31. The number of para-hydroxylation sites is 1. The van der Waals surface area contributed by atoms with E-state index < -0.39 is 0 Å². The van der Waals surface area contributed by atoms with Gasteiger partial charge in [0.2, 0.25) is 0 Å². The van der Waals surface area contributed by atoms with Gasteiger partial charge in [-0.2, -0.15) is 5.10 Å². The molecule has 0 saturated carbocycles. The van der Waals surface area contributed by atoms with Crippen molar-refractivity contribution >= 4 is 6.21 Å². The van der Waals surface area contributed by atoms with Gasteiger partial charge in [-0.05, 0) is 29.8 Å². The van der Waals surface area contributed by atoms with Crippen molar-refractivity contribution in [2.24, 2.45) is 10.9 Å². The quantitative estimate of drug-likeness (QED) is 0.483. The Morgan fingerprint density at radius 1 is 0.938 bits per heavy atom. The first kappa shape index (κ1) is 10.2. The highest BCUT2D eigenvalue weighted by atomic mass is 16.5. The molecule has 2 N–H and O–H groups in total. The van der Waals surface area contributed by atoms with Crippen molar-refractivity contribution in [3.05, 3.63) is 60.2 Å². The van der Waals surface area contributed by atoms with Crippen LogP contribution in [-0.2, 0) is 0 Å². The molecule has 0 aromatic heterocycles. The third kappa shape index (κ3) is 2.60. The monoisotopic (exact) mass is 212 g/mol. The predicted molar refractivity (Wildman–Crippen MR) is 64.7 cm³/mol. The molecule has 0 heterocycles. The normalized spacial score (nSPS) is 10.5. The molecule has 16 heavy (non-hydrogen) atoms. The van der Waals surface area contributed by atoms with Gasteiger partial charge >= 0.3 is 0 Å². The molecule has 2 aromatic rings. The summed E-state index contributed by atoms with van der Waals surface area (Å²) in [5.74, 6) is 6.67. The van der Waals surface area contributed by atoms with Gasteiger partial charge in [-0.25, -0.2) is 0 Å². The number of nitrogens with zero attached hydrogens (tertiary/aromatic N) is 1. The molecule has 0 bridgehead atoms. The van der Waals surface area contributed by atoms with Crippen molar-refractivity contribution in [1.82, 2.24) is 0 Å². The summed E-state index contributed by atoms with van der Waals surface area (Å²) in [7, 11) is 0. The molecule has 80 valence electrons. The van der Waals surface area contributed by atoms with Gasteiger partial charge in [-0.15, -0.1) is 0 Å². The summed E-state index contributed by atoms with van der Waals surface area (Å²) in [6.07, 6.45) is 1.58. The summed E-state index contributed by atoms with van der Waals surface area (Å²) >= 11 is 0. The van der Waals surface area contributed by atoms with Gasteiger partial charge < -0.3 is 10.6 Å². The molecule has 0 spiro atoms. The molecular formula is C13H12N2O. The molecule has 0 aliphatic carbocycles. The SMILES string of the molecule is NN=Cc1cccc(Oc2ccccc2)c1. The van der Waals surface area contributed by atoms with Crippen molar-refractivity contribution in [2.75, 3.05) is 0 Å². The molecule has 0 radical (unpaired) electrons. The molecule has 0 unspecified atom stereocenters. The van der Waals surface area contributed by atoms with Crippen molar-refractivity contribution in [3.63, 3.8) is 0 Å². The largest absolute Gasteiger partial charge is 0.457 e. The summed E-state index contributed by atoms with van der Waals surface area (Å²) in [6, 6.07) is 17.2. The standard InChI is InChI=1S/C13H12N2O/c14-15-10-11-5-4-8-13(9-11)16-12-6-2-1-3-7-12/h1-10H,14H2. The van der Waals surface area contributed by atoms with E-state index in [0.29, 0.717) is 0 Å². The maximum Gasteiger partial charge on any atom is 0.128 e. The molecule has 2 aromatic carbocycles. The molecule has 0 saturated heterocycles. The van der Waals surface area contributed by atoms with Crippen LogP contribution in [0.25, 0.3) is 0 Å². The fourth-order valence-corrected chi connectivity index (χ4v) is 1.37. The Morgan fingerprint density at radius 3 is 2.44 bits per heavy atom. The van der Waals surface area contributed by atoms with Crippen LogP contribution in [0.1, 0.15) is 5.56 Å². The number of ether oxygens (including phenoxy) is 1. The van der Waals surface area contributed by atoms with Gasteiger partial charge in [0.15, 0.2) is 0 Å². The number of nitrogens with two attached hydrogens (primary N) is 1. The minimum absolute atomic E-state index is 0.767. The number of hydrazone groups is 1. The van der Waals surface area contributed by atoms with E-state index in [9.17, 15) is 0 Å². The maximum atomic E-state index is 5.66. The molecule has 0 aliphatic rings. The van der Waals surface area contributed by atoms with Crippen molar-refractivity contribution in [1.29, 1.82) is 0 Å². The fourth-order valence-electron chi connectivity index (χ4n) is 1.37. The van der Waals surface area contributed by atoms with E-state index in [1.54, 1.807) is 6.21 Å². The van der Waals surface area contributed by atoms with E-state index in [4.69, 9.17) is 10.6 Å². The van der Waals surface area contributed by atoms with Crippen LogP contribution in [0.5, 0.6) is 11.5 Å². The first-order chi connectivity index (χ1) is 7.88.